The molecule has 0 bridgehead atoms. The molecular formula is C37H22N6S. The highest BCUT2D eigenvalue weighted by atomic mass is 32.1. The number of rotatable bonds is 4. The van der Waals surface area contributed by atoms with Gasteiger partial charge in [0.2, 0.25) is 0 Å². The van der Waals surface area contributed by atoms with Crippen molar-refractivity contribution in [3.05, 3.63) is 134 Å². The highest BCUT2D eigenvalue weighted by Crippen LogP contribution is 2.42. The van der Waals surface area contributed by atoms with Crippen LogP contribution in [0.2, 0.25) is 0 Å². The first-order chi connectivity index (χ1) is 21.8. The molecule has 0 saturated heterocycles. The first-order valence-corrected chi connectivity index (χ1v) is 15.2. The van der Waals surface area contributed by atoms with Crippen molar-refractivity contribution < 1.29 is 0 Å². The number of hydrogen-bond acceptors (Lipinski definition) is 6. The molecule has 0 radical (unpaired) electrons. The van der Waals surface area contributed by atoms with E-state index in [1.807, 2.05) is 66.9 Å². The fraction of sp³-hybridized carbons (Fsp3) is 0. The summed E-state index contributed by atoms with van der Waals surface area (Å²) in [4.78, 5) is 24.7. The summed E-state index contributed by atoms with van der Waals surface area (Å²) in [6.45, 7) is 0. The standard InChI is InChI=1S/C37H22N6S/c1-3-10-23(11-4-1)34-40-35(24-12-5-2-6-13-24)42-36(41-34)25-14-9-15-26(20-25)43-30-17-8-7-16-28(30)32-31(43)19-18-27-29-21-38-22-39-37(29)44-33(27)32/h1-22H. The molecule has 0 aliphatic heterocycles. The molecule has 0 N–H and O–H groups in total. The van der Waals surface area contributed by atoms with Gasteiger partial charge in [0.1, 0.15) is 11.2 Å². The van der Waals surface area contributed by atoms with Crippen molar-refractivity contribution in [2.75, 3.05) is 0 Å². The average molecular weight is 583 g/mol. The van der Waals surface area contributed by atoms with Crippen LogP contribution in [0.3, 0.4) is 0 Å². The minimum atomic E-state index is 0.630. The van der Waals surface area contributed by atoms with Crippen LogP contribution in [-0.2, 0) is 0 Å². The van der Waals surface area contributed by atoms with Gasteiger partial charge in [-0.3, -0.25) is 0 Å². The van der Waals surface area contributed by atoms with E-state index in [0.717, 1.165) is 43.6 Å². The van der Waals surface area contributed by atoms with E-state index in [2.05, 4.69) is 75.2 Å². The topological polar surface area (TPSA) is 69.4 Å². The minimum absolute atomic E-state index is 0.630. The molecule has 9 aromatic rings. The second-order valence-electron chi connectivity index (χ2n) is 10.6. The zero-order valence-corrected chi connectivity index (χ0v) is 24.1. The molecule has 0 amide bonds. The molecule has 9 rings (SSSR count). The van der Waals surface area contributed by atoms with Crippen molar-refractivity contribution in [1.82, 2.24) is 29.5 Å². The SMILES string of the molecule is c1ccc(-c2nc(-c3ccccc3)nc(-c3cccc(-n4c5ccccc5c5c6sc7ncncc7c6ccc54)c3)n2)cc1. The van der Waals surface area contributed by atoms with Crippen LogP contribution < -0.4 is 0 Å². The van der Waals surface area contributed by atoms with Gasteiger partial charge in [-0.2, -0.15) is 0 Å². The quantitative estimate of drug-likeness (QED) is 0.207. The van der Waals surface area contributed by atoms with E-state index >= 15 is 0 Å². The minimum Gasteiger partial charge on any atom is -0.309 e. The molecule has 0 saturated carbocycles. The highest BCUT2D eigenvalue weighted by molar-refractivity contribution is 7.26. The van der Waals surface area contributed by atoms with Gasteiger partial charge in [0, 0.05) is 54.8 Å². The number of fused-ring (bicyclic) bond motifs is 7. The largest absolute Gasteiger partial charge is 0.309 e. The third kappa shape index (κ3) is 3.91. The van der Waals surface area contributed by atoms with Gasteiger partial charge in [0.25, 0.3) is 0 Å². The van der Waals surface area contributed by atoms with E-state index in [1.54, 1.807) is 17.7 Å². The number of thiophene rings is 1. The molecule has 6 nitrogen and oxygen atoms in total. The molecular weight excluding hydrogens is 561 g/mol. The van der Waals surface area contributed by atoms with Gasteiger partial charge in [-0.1, -0.05) is 97.1 Å². The van der Waals surface area contributed by atoms with Gasteiger partial charge < -0.3 is 4.57 Å². The monoisotopic (exact) mass is 582 g/mol. The molecule has 0 aliphatic carbocycles. The lowest BCUT2D eigenvalue weighted by atomic mass is 10.1. The summed E-state index contributed by atoms with van der Waals surface area (Å²) >= 11 is 1.72. The molecule has 0 spiro atoms. The molecule has 0 aliphatic rings. The Labute approximate surface area is 256 Å². The second kappa shape index (κ2) is 9.90. The van der Waals surface area contributed by atoms with Crippen LogP contribution in [0.5, 0.6) is 0 Å². The van der Waals surface area contributed by atoms with Gasteiger partial charge >= 0.3 is 0 Å². The molecule has 4 aromatic heterocycles. The zero-order valence-electron chi connectivity index (χ0n) is 23.3. The summed E-state index contributed by atoms with van der Waals surface area (Å²) < 4.78 is 3.56. The molecule has 0 atom stereocenters. The normalized spacial score (nSPS) is 11.6. The van der Waals surface area contributed by atoms with Crippen LogP contribution in [0, 0.1) is 0 Å². The maximum atomic E-state index is 4.97. The van der Waals surface area contributed by atoms with Crippen LogP contribution in [-0.4, -0.2) is 29.5 Å². The molecule has 0 fully saturated rings. The molecule has 44 heavy (non-hydrogen) atoms. The van der Waals surface area contributed by atoms with E-state index in [9.17, 15) is 0 Å². The fourth-order valence-corrected chi connectivity index (χ4v) is 7.20. The van der Waals surface area contributed by atoms with E-state index in [-0.39, 0.29) is 0 Å². The Morgan fingerprint density at radius 2 is 1.18 bits per heavy atom. The van der Waals surface area contributed by atoms with Gasteiger partial charge in [-0.15, -0.1) is 11.3 Å². The number of para-hydroxylation sites is 1. The first-order valence-electron chi connectivity index (χ1n) is 14.3. The highest BCUT2D eigenvalue weighted by Gasteiger charge is 2.19. The van der Waals surface area contributed by atoms with Crippen molar-refractivity contribution in [2.24, 2.45) is 0 Å². The molecule has 5 aromatic carbocycles. The van der Waals surface area contributed by atoms with Gasteiger partial charge in [-0.25, -0.2) is 24.9 Å². The molecule has 4 heterocycles. The Morgan fingerprint density at radius 3 is 1.93 bits per heavy atom. The average Bonchev–Trinajstić information content (AvgIpc) is 3.65. The van der Waals surface area contributed by atoms with Crippen molar-refractivity contribution in [1.29, 1.82) is 0 Å². The number of nitrogens with zero attached hydrogens (tertiary/aromatic N) is 6. The van der Waals surface area contributed by atoms with Gasteiger partial charge in [0.15, 0.2) is 17.5 Å². The predicted octanol–water partition coefficient (Wildman–Crippen LogP) is 9.13. The first kappa shape index (κ1) is 24.8. The Bertz CT molecular complexity index is 2440. The molecule has 206 valence electrons. The van der Waals surface area contributed by atoms with E-state index in [0.29, 0.717) is 17.5 Å². The maximum absolute atomic E-state index is 4.97. The Hall–Kier alpha value is -5.79. The Balaban J connectivity index is 1.27. The Morgan fingerprint density at radius 1 is 0.523 bits per heavy atom. The second-order valence-corrected chi connectivity index (χ2v) is 11.6. The lowest BCUT2D eigenvalue weighted by molar-refractivity contribution is 1.07. The van der Waals surface area contributed by atoms with Crippen molar-refractivity contribution in [3.63, 3.8) is 0 Å². The van der Waals surface area contributed by atoms with Crippen LogP contribution >= 0.6 is 11.3 Å². The van der Waals surface area contributed by atoms with Crippen LogP contribution in [0.15, 0.2) is 134 Å². The molecule has 0 unspecified atom stereocenters. The van der Waals surface area contributed by atoms with Crippen LogP contribution in [0.25, 0.3) is 82.0 Å². The summed E-state index contributed by atoms with van der Waals surface area (Å²) in [7, 11) is 0. The van der Waals surface area contributed by atoms with Crippen molar-refractivity contribution in [3.8, 4) is 39.9 Å². The fourth-order valence-electron chi connectivity index (χ4n) is 6.03. The van der Waals surface area contributed by atoms with Gasteiger partial charge in [-0.05, 0) is 24.3 Å². The number of aromatic nitrogens is 6. The van der Waals surface area contributed by atoms with Gasteiger partial charge in [0.05, 0.1) is 11.0 Å². The summed E-state index contributed by atoms with van der Waals surface area (Å²) in [5.41, 5.74) is 6.13. The Kier molecular flexibility index (Phi) is 5.57. The summed E-state index contributed by atoms with van der Waals surface area (Å²) in [6, 6.07) is 41.6. The van der Waals surface area contributed by atoms with Crippen molar-refractivity contribution >= 4 is 53.4 Å². The third-order valence-electron chi connectivity index (χ3n) is 8.02. The van der Waals surface area contributed by atoms with Crippen LogP contribution in [0.1, 0.15) is 0 Å². The zero-order chi connectivity index (χ0) is 29.0. The smallest absolute Gasteiger partial charge is 0.164 e. The summed E-state index contributed by atoms with van der Waals surface area (Å²) in [5.74, 6) is 1.92. The summed E-state index contributed by atoms with van der Waals surface area (Å²) in [5, 5.41) is 4.70. The third-order valence-corrected chi connectivity index (χ3v) is 9.16. The lowest BCUT2D eigenvalue weighted by Gasteiger charge is -2.11. The number of benzene rings is 5. The lowest BCUT2D eigenvalue weighted by Crippen LogP contribution is -2.01. The van der Waals surface area contributed by atoms with Crippen LogP contribution in [0.4, 0.5) is 0 Å². The predicted molar refractivity (Wildman–Crippen MR) is 179 cm³/mol. The van der Waals surface area contributed by atoms with E-state index < -0.39 is 0 Å². The van der Waals surface area contributed by atoms with E-state index in [1.165, 1.54) is 20.9 Å². The van der Waals surface area contributed by atoms with E-state index in [4.69, 9.17) is 15.0 Å². The maximum Gasteiger partial charge on any atom is 0.164 e. The number of hydrogen-bond donors (Lipinski definition) is 0. The van der Waals surface area contributed by atoms with Crippen molar-refractivity contribution in [2.45, 2.75) is 0 Å². The summed E-state index contributed by atoms with van der Waals surface area (Å²) in [6.07, 6.45) is 3.54. The molecule has 7 heteroatoms.